The normalized spacial score (nSPS) is 10.1. The van der Waals surface area contributed by atoms with E-state index in [1.807, 2.05) is 0 Å². The third-order valence-corrected chi connectivity index (χ3v) is 1.75. The number of aromatic nitrogens is 2. The van der Waals surface area contributed by atoms with Crippen LogP contribution in [0.25, 0.3) is 11.3 Å². The van der Waals surface area contributed by atoms with Gasteiger partial charge in [0.2, 0.25) is 0 Å². The lowest BCUT2D eigenvalue weighted by atomic mass is 10.2. The van der Waals surface area contributed by atoms with Gasteiger partial charge in [-0.2, -0.15) is 0 Å². The highest BCUT2D eigenvalue weighted by molar-refractivity contribution is 5.56. The number of hydrogen-bond acceptors (Lipinski definition) is 5. The van der Waals surface area contributed by atoms with Crippen LogP contribution in [0, 0.1) is 11.8 Å². The molecule has 0 atom stereocenters. The lowest BCUT2D eigenvalue weighted by Gasteiger charge is -1.93. The summed E-state index contributed by atoms with van der Waals surface area (Å²) in [6, 6.07) is 3.24. The number of nitrogens with zero attached hydrogens (tertiary/aromatic N) is 3. The number of hydrogen-bond donors (Lipinski definition) is 0. The van der Waals surface area contributed by atoms with E-state index >= 15 is 0 Å². The summed E-state index contributed by atoms with van der Waals surface area (Å²) in [7, 11) is 0. The fraction of sp³-hybridized carbons (Fsp3) is 0.111. The zero-order valence-corrected chi connectivity index (χ0v) is 7.47. The van der Waals surface area contributed by atoms with Gasteiger partial charge in [0.1, 0.15) is 0 Å². The van der Waals surface area contributed by atoms with Gasteiger partial charge in [0.05, 0.1) is 6.20 Å². The summed E-state index contributed by atoms with van der Waals surface area (Å²) in [5.41, 5.74) is 0.776. The second kappa shape index (κ2) is 3.37. The SMILES string of the molecule is Cc1ncc(-c2ccc(N=O)nc2)o1. The first-order valence-corrected chi connectivity index (χ1v) is 4.02. The van der Waals surface area contributed by atoms with Crippen LogP contribution in [0.15, 0.2) is 34.1 Å². The van der Waals surface area contributed by atoms with Gasteiger partial charge >= 0.3 is 0 Å². The topological polar surface area (TPSA) is 68.3 Å². The molecule has 0 aromatic carbocycles. The van der Waals surface area contributed by atoms with Crippen molar-refractivity contribution in [1.82, 2.24) is 9.97 Å². The van der Waals surface area contributed by atoms with Gasteiger partial charge in [-0.3, -0.25) is 0 Å². The van der Waals surface area contributed by atoms with Crippen molar-refractivity contribution in [2.45, 2.75) is 6.92 Å². The molecule has 0 unspecified atom stereocenters. The Morgan fingerprint density at radius 2 is 2.14 bits per heavy atom. The van der Waals surface area contributed by atoms with Crippen molar-refractivity contribution in [2.75, 3.05) is 0 Å². The zero-order chi connectivity index (χ0) is 9.97. The molecule has 0 saturated heterocycles. The van der Waals surface area contributed by atoms with E-state index in [0.717, 1.165) is 5.56 Å². The third kappa shape index (κ3) is 1.52. The van der Waals surface area contributed by atoms with E-state index in [2.05, 4.69) is 15.1 Å². The van der Waals surface area contributed by atoms with Crippen molar-refractivity contribution in [3.8, 4) is 11.3 Å². The fourth-order valence-corrected chi connectivity index (χ4v) is 1.08. The van der Waals surface area contributed by atoms with E-state index in [1.165, 1.54) is 12.3 Å². The van der Waals surface area contributed by atoms with Crippen LogP contribution >= 0.6 is 0 Å². The van der Waals surface area contributed by atoms with Gasteiger partial charge in [-0.05, 0) is 17.3 Å². The molecular formula is C9H7N3O2. The van der Waals surface area contributed by atoms with Gasteiger partial charge in [-0.25, -0.2) is 9.97 Å². The van der Waals surface area contributed by atoms with E-state index in [-0.39, 0.29) is 5.82 Å². The fourth-order valence-electron chi connectivity index (χ4n) is 1.08. The van der Waals surface area contributed by atoms with Crippen molar-refractivity contribution in [1.29, 1.82) is 0 Å². The Morgan fingerprint density at radius 3 is 2.64 bits per heavy atom. The van der Waals surface area contributed by atoms with Crippen LogP contribution in [0.5, 0.6) is 0 Å². The third-order valence-electron chi connectivity index (χ3n) is 1.75. The lowest BCUT2D eigenvalue weighted by Crippen LogP contribution is -1.76. The van der Waals surface area contributed by atoms with Gasteiger partial charge in [0.15, 0.2) is 17.5 Å². The average molecular weight is 189 g/mol. The summed E-state index contributed by atoms with van der Waals surface area (Å²) < 4.78 is 5.28. The number of aryl methyl sites for hydroxylation is 1. The standard InChI is InChI=1S/C9H7N3O2/c1-6-10-5-8(14-6)7-2-3-9(12-13)11-4-7/h2-5H,1H3. The van der Waals surface area contributed by atoms with E-state index < -0.39 is 0 Å². The molecule has 14 heavy (non-hydrogen) atoms. The first-order chi connectivity index (χ1) is 6.79. The Balaban J connectivity index is 2.38. The molecular weight excluding hydrogens is 182 g/mol. The molecule has 0 spiro atoms. The van der Waals surface area contributed by atoms with Gasteiger partial charge in [-0.1, -0.05) is 0 Å². The molecule has 0 N–H and O–H groups in total. The van der Waals surface area contributed by atoms with Crippen LogP contribution in [-0.4, -0.2) is 9.97 Å². The number of rotatable bonds is 2. The minimum absolute atomic E-state index is 0.157. The molecule has 0 bridgehead atoms. The maximum atomic E-state index is 10.1. The smallest absolute Gasteiger partial charge is 0.196 e. The van der Waals surface area contributed by atoms with Gasteiger partial charge in [-0.15, -0.1) is 4.91 Å². The summed E-state index contributed by atoms with van der Waals surface area (Å²) >= 11 is 0. The van der Waals surface area contributed by atoms with Crippen LogP contribution in [0.4, 0.5) is 5.82 Å². The predicted molar refractivity (Wildman–Crippen MR) is 49.9 cm³/mol. The van der Waals surface area contributed by atoms with Crippen LogP contribution < -0.4 is 0 Å². The maximum Gasteiger partial charge on any atom is 0.196 e. The Bertz CT molecular complexity index is 447. The highest BCUT2D eigenvalue weighted by atomic mass is 16.4. The summed E-state index contributed by atoms with van der Waals surface area (Å²) in [5.74, 6) is 1.38. The monoisotopic (exact) mass is 189 g/mol. The Hall–Kier alpha value is -2.04. The molecule has 0 radical (unpaired) electrons. The Morgan fingerprint density at radius 1 is 1.29 bits per heavy atom. The number of oxazole rings is 1. The van der Waals surface area contributed by atoms with E-state index in [1.54, 1.807) is 19.2 Å². The van der Waals surface area contributed by atoms with Gasteiger partial charge in [0, 0.05) is 18.7 Å². The first-order valence-electron chi connectivity index (χ1n) is 4.02. The lowest BCUT2D eigenvalue weighted by molar-refractivity contribution is 0.534. The number of nitroso groups, excluding NO2 is 1. The van der Waals surface area contributed by atoms with Crippen LogP contribution in [0.3, 0.4) is 0 Å². The Kier molecular flexibility index (Phi) is 2.06. The molecule has 2 rings (SSSR count). The highest BCUT2D eigenvalue weighted by Crippen LogP contribution is 2.20. The predicted octanol–water partition coefficient (Wildman–Crippen LogP) is 2.44. The molecule has 2 heterocycles. The second-order valence-electron chi connectivity index (χ2n) is 2.74. The molecule has 0 aliphatic rings. The van der Waals surface area contributed by atoms with Crippen molar-refractivity contribution in [3.05, 3.63) is 35.3 Å². The average Bonchev–Trinajstić information content (AvgIpc) is 2.65. The number of pyridine rings is 1. The maximum absolute atomic E-state index is 10.1. The van der Waals surface area contributed by atoms with Crippen LogP contribution in [-0.2, 0) is 0 Å². The summed E-state index contributed by atoms with van der Waals surface area (Å²) in [5, 5.41) is 2.70. The molecule has 0 fully saturated rings. The van der Waals surface area contributed by atoms with E-state index in [4.69, 9.17) is 4.42 Å². The molecule has 2 aromatic rings. The van der Waals surface area contributed by atoms with Crippen molar-refractivity contribution >= 4 is 5.82 Å². The second-order valence-corrected chi connectivity index (χ2v) is 2.74. The molecule has 2 aromatic heterocycles. The van der Waals surface area contributed by atoms with Crippen molar-refractivity contribution in [3.63, 3.8) is 0 Å². The van der Waals surface area contributed by atoms with Crippen LogP contribution in [0.2, 0.25) is 0 Å². The van der Waals surface area contributed by atoms with Crippen LogP contribution in [0.1, 0.15) is 5.89 Å². The minimum atomic E-state index is 0.157. The molecule has 70 valence electrons. The van der Waals surface area contributed by atoms with Gasteiger partial charge < -0.3 is 4.42 Å². The summed E-state index contributed by atoms with van der Waals surface area (Å²) in [4.78, 5) is 17.9. The molecule has 0 aliphatic heterocycles. The van der Waals surface area contributed by atoms with E-state index in [0.29, 0.717) is 11.7 Å². The molecule has 0 amide bonds. The molecule has 5 nitrogen and oxygen atoms in total. The molecule has 5 heteroatoms. The Labute approximate surface area is 79.8 Å². The largest absolute Gasteiger partial charge is 0.441 e. The summed E-state index contributed by atoms with van der Waals surface area (Å²) in [6.07, 6.45) is 3.14. The minimum Gasteiger partial charge on any atom is -0.441 e. The van der Waals surface area contributed by atoms with Gasteiger partial charge in [0.25, 0.3) is 0 Å². The summed E-state index contributed by atoms with van der Waals surface area (Å²) in [6.45, 7) is 1.76. The quantitative estimate of drug-likeness (QED) is 0.680. The van der Waals surface area contributed by atoms with Crippen molar-refractivity contribution in [2.24, 2.45) is 5.18 Å². The highest BCUT2D eigenvalue weighted by Gasteiger charge is 2.03. The molecule has 0 saturated carbocycles. The first kappa shape index (κ1) is 8.55. The van der Waals surface area contributed by atoms with Crippen molar-refractivity contribution < 1.29 is 4.42 Å². The molecule has 0 aliphatic carbocycles. The van der Waals surface area contributed by atoms with E-state index in [9.17, 15) is 4.91 Å². The zero-order valence-electron chi connectivity index (χ0n) is 7.47.